The SMILES string of the molecule is CC(C)C1(C(=O)O)CCN(c2ccccc2C(F)(F)F)C1. The van der Waals surface area contributed by atoms with Crippen molar-refractivity contribution in [3.8, 4) is 0 Å². The second-order valence-corrected chi connectivity index (χ2v) is 5.80. The number of benzene rings is 1. The van der Waals surface area contributed by atoms with Crippen molar-refractivity contribution >= 4 is 11.7 Å². The Hall–Kier alpha value is -1.72. The molecular formula is C15H18F3NO2. The second kappa shape index (κ2) is 5.24. The predicted octanol–water partition coefficient (Wildman–Crippen LogP) is 3.64. The van der Waals surface area contributed by atoms with Gasteiger partial charge in [0, 0.05) is 18.8 Å². The summed E-state index contributed by atoms with van der Waals surface area (Å²) in [5, 5.41) is 9.48. The first-order valence-electron chi connectivity index (χ1n) is 6.83. The summed E-state index contributed by atoms with van der Waals surface area (Å²) >= 11 is 0. The minimum Gasteiger partial charge on any atom is -0.481 e. The Morgan fingerprint density at radius 3 is 2.43 bits per heavy atom. The van der Waals surface area contributed by atoms with E-state index in [1.807, 2.05) is 0 Å². The van der Waals surface area contributed by atoms with E-state index >= 15 is 0 Å². The van der Waals surface area contributed by atoms with Gasteiger partial charge in [-0.25, -0.2) is 0 Å². The number of para-hydroxylation sites is 1. The van der Waals surface area contributed by atoms with Crippen LogP contribution in [0.1, 0.15) is 25.8 Å². The van der Waals surface area contributed by atoms with Gasteiger partial charge in [-0.15, -0.1) is 0 Å². The lowest BCUT2D eigenvalue weighted by Crippen LogP contribution is -2.39. The van der Waals surface area contributed by atoms with E-state index in [4.69, 9.17) is 0 Å². The molecule has 1 aliphatic rings. The Labute approximate surface area is 121 Å². The molecule has 116 valence electrons. The van der Waals surface area contributed by atoms with Crippen molar-refractivity contribution in [2.75, 3.05) is 18.0 Å². The van der Waals surface area contributed by atoms with Crippen LogP contribution in [0.25, 0.3) is 0 Å². The number of aliphatic carboxylic acids is 1. The Bertz CT molecular complexity index is 542. The van der Waals surface area contributed by atoms with Crippen molar-refractivity contribution in [3.05, 3.63) is 29.8 Å². The van der Waals surface area contributed by atoms with E-state index in [1.54, 1.807) is 19.9 Å². The number of carbonyl (C=O) groups is 1. The van der Waals surface area contributed by atoms with Crippen molar-refractivity contribution < 1.29 is 23.1 Å². The molecule has 1 aliphatic heterocycles. The monoisotopic (exact) mass is 301 g/mol. The molecule has 3 nitrogen and oxygen atoms in total. The molecule has 0 spiro atoms. The van der Waals surface area contributed by atoms with Crippen molar-refractivity contribution in [2.45, 2.75) is 26.4 Å². The highest BCUT2D eigenvalue weighted by atomic mass is 19.4. The lowest BCUT2D eigenvalue weighted by atomic mass is 9.76. The molecule has 0 aliphatic carbocycles. The van der Waals surface area contributed by atoms with E-state index in [1.165, 1.54) is 17.0 Å². The molecule has 2 rings (SSSR count). The molecule has 1 fully saturated rings. The largest absolute Gasteiger partial charge is 0.481 e. The van der Waals surface area contributed by atoms with Gasteiger partial charge in [0.05, 0.1) is 11.0 Å². The summed E-state index contributed by atoms with van der Waals surface area (Å²) in [6.45, 7) is 4.02. The molecular weight excluding hydrogens is 283 g/mol. The summed E-state index contributed by atoms with van der Waals surface area (Å²) in [7, 11) is 0. The van der Waals surface area contributed by atoms with Crippen molar-refractivity contribution in [2.24, 2.45) is 11.3 Å². The first-order valence-corrected chi connectivity index (χ1v) is 6.83. The molecule has 1 aromatic carbocycles. The van der Waals surface area contributed by atoms with Crippen LogP contribution in [0.2, 0.25) is 0 Å². The lowest BCUT2D eigenvalue weighted by Gasteiger charge is -2.30. The minimum absolute atomic E-state index is 0.0637. The normalized spacial score (nSPS) is 22.9. The average Bonchev–Trinajstić information content (AvgIpc) is 2.84. The van der Waals surface area contributed by atoms with Crippen LogP contribution in [-0.4, -0.2) is 24.2 Å². The fourth-order valence-corrected chi connectivity index (χ4v) is 2.92. The lowest BCUT2D eigenvalue weighted by molar-refractivity contribution is -0.150. The molecule has 1 atom stereocenters. The molecule has 0 saturated carbocycles. The quantitative estimate of drug-likeness (QED) is 0.926. The second-order valence-electron chi connectivity index (χ2n) is 5.80. The van der Waals surface area contributed by atoms with Gasteiger partial charge in [0.25, 0.3) is 0 Å². The van der Waals surface area contributed by atoms with Crippen LogP contribution in [0.4, 0.5) is 18.9 Å². The van der Waals surface area contributed by atoms with Gasteiger partial charge in [0.15, 0.2) is 0 Å². The third-order valence-corrected chi connectivity index (χ3v) is 4.38. The van der Waals surface area contributed by atoms with E-state index < -0.39 is 23.1 Å². The molecule has 0 aromatic heterocycles. The van der Waals surface area contributed by atoms with Gasteiger partial charge in [-0.1, -0.05) is 26.0 Å². The summed E-state index contributed by atoms with van der Waals surface area (Å²) in [4.78, 5) is 13.1. The van der Waals surface area contributed by atoms with Gasteiger partial charge in [-0.2, -0.15) is 13.2 Å². The fraction of sp³-hybridized carbons (Fsp3) is 0.533. The summed E-state index contributed by atoms with van der Waals surface area (Å²) in [5.41, 5.74) is -1.64. The van der Waals surface area contributed by atoms with Gasteiger partial charge < -0.3 is 10.0 Å². The molecule has 1 heterocycles. The van der Waals surface area contributed by atoms with Crippen molar-refractivity contribution in [1.29, 1.82) is 0 Å². The Morgan fingerprint density at radius 2 is 1.95 bits per heavy atom. The van der Waals surface area contributed by atoms with E-state index in [0.29, 0.717) is 13.0 Å². The highest BCUT2D eigenvalue weighted by Gasteiger charge is 2.48. The topological polar surface area (TPSA) is 40.5 Å². The zero-order valence-electron chi connectivity index (χ0n) is 11.9. The van der Waals surface area contributed by atoms with Crippen molar-refractivity contribution in [1.82, 2.24) is 0 Å². The number of nitrogens with zero attached hydrogens (tertiary/aromatic N) is 1. The predicted molar refractivity (Wildman–Crippen MR) is 73.2 cm³/mol. The van der Waals surface area contributed by atoms with Crippen LogP contribution in [0.15, 0.2) is 24.3 Å². The van der Waals surface area contributed by atoms with Gasteiger partial charge in [0.2, 0.25) is 0 Å². The minimum atomic E-state index is -4.44. The summed E-state index contributed by atoms with van der Waals surface area (Å²) < 4.78 is 39.2. The number of anilines is 1. The third kappa shape index (κ3) is 2.71. The number of hydrogen-bond acceptors (Lipinski definition) is 2. The van der Waals surface area contributed by atoms with Gasteiger partial charge in [-0.3, -0.25) is 4.79 Å². The van der Waals surface area contributed by atoms with Gasteiger partial charge in [-0.05, 0) is 24.5 Å². The van der Waals surface area contributed by atoms with Crippen molar-refractivity contribution in [3.63, 3.8) is 0 Å². The van der Waals surface area contributed by atoms with E-state index in [9.17, 15) is 23.1 Å². The maximum Gasteiger partial charge on any atom is 0.418 e. The highest BCUT2D eigenvalue weighted by molar-refractivity contribution is 5.77. The maximum absolute atomic E-state index is 13.1. The molecule has 1 N–H and O–H groups in total. The van der Waals surface area contributed by atoms with Gasteiger partial charge in [0.1, 0.15) is 0 Å². The maximum atomic E-state index is 13.1. The molecule has 0 bridgehead atoms. The first kappa shape index (κ1) is 15.7. The number of hydrogen-bond donors (Lipinski definition) is 1. The van der Waals surface area contributed by atoms with Crippen LogP contribution in [0, 0.1) is 11.3 Å². The Morgan fingerprint density at radius 1 is 1.33 bits per heavy atom. The van der Waals surface area contributed by atoms with E-state index in [-0.39, 0.29) is 18.2 Å². The molecule has 0 radical (unpaired) electrons. The van der Waals surface area contributed by atoms with Gasteiger partial charge >= 0.3 is 12.1 Å². The van der Waals surface area contributed by atoms with Crippen LogP contribution in [0.3, 0.4) is 0 Å². The van der Waals surface area contributed by atoms with Crippen LogP contribution < -0.4 is 4.90 Å². The highest BCUT2D eigenvalue weighted by Crippen LogP contribution is 2.43. The Kier molecular flexibility index (Phi) is 3.91. The number of rotatable bonds is 3. The smallest absolute Gasteiger partial charge is 0.418 e. The molecule has 6 heteroatoms. The number of carboxylic acids is 1. The molecule has 0 amide bonds. The van der Waals surface area contributed by atoms with E-state index in [0.717, 1.165) is 6.07 Å². The number of halogens is 3. The Balaban J connectivity index is 2.37. The zero-order valence-corrected chi connectivity index (χ0v) is 11.9. The standard InChI is InChI=1S/C15H18F3NO2/c1-10(2)14(13(20)21)7-8-19(9-14)12-6-4-3-5-11(12)15(16,17)18/h3-6,10H,7-9H2,1-2H3,(H,20,21). The zero-order chi connectivity index (χ0) is 15.8. The third-order valence-electron chi connectivity index (χ3n) is 4.38. The summed E-state index contributed by atoms with van der Waals surface area (Å²) in [6.07, 6.45) is -4.09. The molecule has 1 saturated heterocycles. The number of carboxylic acid groups (broad SMARTS) is 1. The average molecular weight is 301 g/mol. The summed E-state index contributed by atoms with van der Waals surface area (Å²) in [6, 6.07) is 5.32. The van der Waals surface area contributed by atoms with Crippen LogP contribution in [-0.2, 0) is 11.0 Å². The molecule has 1 unspecified atom stereocenters. The molecule has 1 aromatic rings. The first-order chi connectivity index (χ1) is 9.68. The summed E-state index contributed by atoms with van der Waals surface area (Å²) in [5.74, 6) is -1.08. The van der Waals surface area contributed by atoms with Crippen LogP contribution >= 0.6 is 0 Å². The number of alkyl halides is 3. The molecule has 21 heavy (non-hydrogen) atoms. The van der Waals surface area contributed by atoms with Crippen LogP contribution in [0.5, 0.6) is 0 Å². The van der Waals surface area contributed by atoms with E-state index in [2.05, 4.69) is 0 Å². The fourth-order valence-electron chi connectivity index (χ4n) is 2.92.